The minimum absolute atomic E-state index is 0.441. The van der Waals surface area contributed by atoms with Gasteiger partial charge in [-0.1, -0.05) is 11.6 Å². The number of carbonyl (C=O) groups is 1. The van der Waals surface area contributed by atoms with Crippen molar-refractivity contribution in [3.8, 4) is 0 Å². The van der Waals surface area contributed by atoms with E-state index >= 15 is 0 Å². The van der Waals surface area contributed by atoms with Crippen molar-refractivity contribution in [2.45, 2.75) is 19.0 Å². The molecular formula is C6H5F3O. The molecule has 0 aromatic carbocycles. The molecule has 0 aliphatic heterocycles. The van der Waals surface area contributed by atoms with Crippen molar-refractivity contribution in [1.29, 1.82) is 0 Å². The molecule has 1 rings (SSSR count). The summed E-state index contributed by atoms with van der Waals surface area (Å²) < 4.78 is 34.4. The lowest BCUT2D eigenvalue weighted by atomic mass is 10.2. The summed E-state index contributed by atoms with van der Waals surface area (Å²) >= 11 is 0. The van der Waals surface area contributed by atoms with E-state index < -0.39 is 18.4 Å². The maximum Gasteiger partial charge on any atom is 0.450 e. The topological polar surface area (TPSA) is 17.1 Å². The fourth-order valence-electron chi connectivity index (χ4n) is 0.523. The van der Waals surface area contributed by atoms with Crippen LogP contribution in [0.5, 0.6) is 0 Å². The van der Waals surface area contributed by atoms with E-state index in [2.05, 4.69) is 0 Å². The predicted octanol–water partition coefficient (Wildman–Crippen LogP) is 1.84. The summed E-state index contributed by atoms with van der Waals surface area (Å²) in [5.74, 6) is -1.64. The number of ketones is 1. The lowest BCUT2D eigenvalue weighted by Crippen LogP contribution is -2.21. The Kier molecular flexibility index (Phi) is 1.54. The molecule has 56 valence electrons. The highest BCUT2D eigenvalue weighted by Gasteiger charge is 2.38. The number of hydrogen-bond acceptors (Lipinski definition) is 1. The predicted molar refractivity (Wildman–Crippen MR) is 28.4 cm³/mol. The van der Waals surface area contributed by atoms with E-state index in [1.807, 2.05) is 0 Å². The minimum Gasteiger partial charge on any atom is -0.289 e. The fraction of sp³-hybridized carbons (Fsp3) is 0.500. The Morgan fingerprint density at radius 3 is 2.40 bits per heavy atom. The molecule has 0 aromatic rings. The van der Waals surface area contributed by atoms with Crippen molar-refractivity contribution in [1.82, 2.24) is 0 Å². The van der Waals surface area contributed by atoms with Crippen molar-refractivity contribution in [3.63, 3.8) is 0 Å². The number of halogens is 3. The van der Waals surface area contributed by atoms with Crippen molar-refractivity contribution in [3.05, 3.63) is 11.6 Å². The van der Waals surface area contributed by atoms with Gasteiger partial charge in [0.2, 0.25) is 5.78 Å². The molecular weight excluding hydrogens is 145 g/mol. The molecule has 0 saturated carbocycles. The highest BCUT2D eigenvalue weighted by Crippen LogP contribution is 2.27. The summed E-state index contributed by atoms with van der Waals surface area (Å²) in [6.07, 6.45) is -2.90. The molecule has 0 heterocycles. The van der Waals surface area contributed by atoms with E-state index in [1.165, 1.54) is 0 Å². The van der Waals surface area contributed by atoms with E-state index in [9.17, 15) is 18.0 Å². The van der Waals surface area contributed by atoms with Gasteiger partial charge in [0, 0.05) is 6.42 Å². The first-order chi connectivity index (χ1) is 4.50. The largest absolute Gasteiger partial charge is 0.450 e. The monoisotopic (exact) mass is 150 g/mol. The number of hydrogen-bond donors (Lipinski definition) is 0. The molecule has 0 amide bonds. The van der Waals surface area contributed by atoms with Crippen molar-refractivity contribution < 1.29 is 18.0 Å². The van der Waals surface area contributed by atoms with Crippen LogP contribution in [0.25, 0.3) is 0 Å². The van der Waals surface area contributed by atoms with E-state index in [4.69, 9.17) is 0 Å². The van der Waals surface area contributed by atoms with E-state index in [0.717, 1.165) is 0 Å². The van der Waals surface area contributed by atoms with E-state index in [1.54, 1.807) is 6.08 Å². The number of allylic oxidation sites excluding steroid dienone is 2. The molecule has 0 aromatic heterocycles. The van der Waals surface area contributed by atoms with Crippen LogP contribution in [0.2, 0.25) is 0 Å². The Bertz CT molecular complexity index is 190. The van der Waals surface area contributed by atoms with Crippen LogP contribution in [0.15, 0.2) is 11.6 Å². The molecule has 1 aliphatic carbocycles. The summed E-state index contributed by atoms with van der Waals surface area (Å²) in [4.78, 5) is 10.1. The third kappa shape index (κ3) is 1.86. The summed E-state index contributed by atoms with van der Waals surface area (Å²) in [6, 6.07) is 0. The molecule has 0 fully saturated rings. The molecule has 1 aliphatic rings. The molecule has 1 nitrogen and oxygen atoms in total. The van der Waals surface area contributed by atoms with Crippen molar-refractivity contribution in [2.24, 2.45) is 0 Å². The summed E-state index contributed by atoms with van der Waals surface area (Å²) in [7, 11) is 0. The SMILES string of the molecule is O=C(CC1=CC1)C(F)(F)F. The molecule has 0 N–H and O–H groups in total. The van der Waals surface area contributed by atoms with Gasteiger partial charge in [-0.3, -0.25) is 4.79 Å². The van der Waals surface area contributed by atoms with Crippen LogP contribution >= 0.6 is 0 Å². The third-order valence-electron chi connectivity index (χ3n) is 1.20. The average Bonchev–Trinajstić information content (AvgIpc) is 2.47. The van der Waals surface area contributed by atoms with Gasteiger partial charge in [-0.25, -0.2) is 0 Å². The van der Waals surface area contributed by atoms with Gasteiger partial charge in [-0.05, 0) is 6.42 Å². The van der Waals surface area contributed by atoms with Crippen LogP contribution in [0.3, 0.4) is 0 Å². The number of alkyl halides is 3. The van der Waals surface area contributed by atoms with Gasteiger partial charge in [0.15, 0.2) is 0 Å². The fourth-order valence-corrected chi connectivity index (χ4v) is 0.523. The standard InChI is InChI=1S/C6H5F3O/c7-6(8,9)5(10)3-4-1-2-4/h1H,2-3H2. The van der Waals surface area contributed by atoms with Crippen LogP contribution in [-0.4, -0.2) is 12.0 Å². The lowest BCUT2D eigenvalue weighted by molar-refractivity contribution is -0.170. The van der Waals surface area contributed by atoms with Crippen molar-refractivity contribution >= 4 is 5.78 Å². The van der Waals surface area contributed by atoms with Gasteiger partial charge in [0.05, 0.1) is 0 Å². The average molecular weight is 150 g/mol. The molecule has 4 heteroatoms. The zero-order chi connectivity index (χ0) is 7.78. The zero-order valence-corrected chi connectivity index (χ0v) is 5.03. The quantitative estimate of drug-likeness (QED) is 0.549. The Morgan fingerprint density at radius 2 is 2.10 bits per heavy atom. The maximum absolute atomic E-state index is 11.5. The Hall–Kier alpha value is -0.800. The van der Waals surface area contributed by atoms with Gasteiger partial charge in [-0.2, -0.15) is 13.2 Å². The minimum atomic E-state index is -4.65. The van der Waals surface area contributed by atoms with Gasteiger partial charge >= 0.3 is 6.18 Å². The van der Waals surface area contributed by atoms with Crippen LogP contribution in [0.1, 0.15) is 12.8 Å². The number of Topliss-reactive ketones (excluding diaryl/α,β-unsaturated/α-hetero) is 1. The van der Waals surface area contributed by atoms with Crippen LogP contribution < -0.4 is 0 Å². The molecule has 0 unspecified atom stereocenters. The first kappa shape index (κ1) is 7.31. The van der Waals surface area contributed by atoms with Gasteiger partial charge in [-0.15, -0.1) is 0 Å². The lowest BCUT2D eigenvalue weighted by Gasteiger charge is -2.01. The first-order valence-electron chi connectivity index (χ1n) is 2.78. The molecule has 0 bridgehead atoms. The highest BCUT2D eigenvalue weighted by molar-refractivity contribution is 5.86. The van der Waals surface area contributed by atoms with Gasteiger partial charge in [0.25, 0.3) is 0 Å². The van der Waals surface area contributed by atoms with Crippen LogP contribution in [0.4, 0.5) is 13.2 Å². The Balaban J connectivity index is 2.40. The highest BCUT2D eigenvalue weighted by atomic mass is 19.4. The normalized spacial score (nSPS) is 16.5. The molecule has 0 saturated heterocycles. The number of carbonyl (C=O) groups excluding carboxylic acids is 1. The summed E-state index contributed by atoms with van der Waals surface area (Å²) in [5, 5.41) is 0. The third-order valence-corrected chi connectivity index (χ3v) is 1.20. The summed E-state index contributed by atoms with van der Waals surface area (Å²) in [6.45, 7) is 0. The molecule has 0 atom stereocenters. The van der Waals surface area contributed by atoms with Gasteiger partial charge < -0.3 is 0 Å². The van der Waals surface area contributed by atoms with Crippen molar-refractivity contribution in [2.75, 3.05) is 0 Å². The molecule has 10 heavy (non-hydrogen) atoms. The second-order valence-corrected chi connectivity index (χ2v) is 2.16. The number of rotatable bonds is 2. The molecule has 0 radical (unpaired) electrons. The second-order valence-electron chi connectivity index (χ2n) is 2.16. The Labute approximate surface area is 55.5 Å². The smallest absolute Gasteiger partial charge is 0.289 e. The van der Waals surface area contributed by atoms with Gasteiger partial charge in [0.1, 0.15) is 0 Å². The van der Waals surface area contributed by atoms with E-state index in [-0.39, 0.29) is 0 Å². The summed E-state index contributed by atoms with van der Waals surface area (Å²) in [5.41, 5.74) is 0.599. The first-order valence-corrected chi connectivity index (χ1v) is 2.78. The van der Waals surface area contributed by atoms with E-state index in [0.29, 0.717) is 12.0 Å². The van der Waals surface area contributed by atoms with Crippen LogP contribution in [0, 0.1) is 0 Å². The second kappa shape index (κ2) is 2.11. The Morgan fingerprint density at radius 1 is 1.60 bits per heavy atom. The molecule has 0 spiro atoms. The maximum atomic E-state index is 11.5. The van der Waals surface area contributed by atoms with Crippen LogP contribution in [-0.2, 0) is 4.79 Å². The zero-order valence-electron chi connectivity index (χ0n) is 5.03.